The number of ether oxygens (including phenoxy) is 1. The number of amides is 2. The lowest BCUT2D eigenvalue weighted by molar-refractivity contribution is -0.398. The summed E-state index contributed by atoms with van der Waals surface area (Å²) < 4.78 is 4.78. The van der Waals surface area contributed by atoms with Crippen LogP contribution in [0.25, 0.3) is 0 Å². The summed E-state index contributed by atoms with van der Waals surface area (Å²) in [6.07, 6.45) is 1.02. The summed E-state index contributed by atoms with van der Waals surface area (Å²) in [6, 6.07) is 8.49. The third-order valence-corrected chi connectivity index (χ3v) is 3.51. The van der Waals surface area contributed by atoms with Crippen LogP contribution in [0.2, 0.25) is 5.02 Å². The average Bonchev–Trinajstić information content (AvgIpc) is 2.64. The third kappa shape index (κ3) is 4.92. The molecule has 2 rings (SSSR count). The van der Waals surface area contributed by atoms with Gasteiger partial charge in [0.1, 0.15) is 5.75 Å². The number of nitro benzene ring substituents is 1. The zero-order chi connectivity index (χ0) is 20.0. The fourth-order valence-electron chi connectivity index (χ4n) is 1.93. The van der Waals surface area contributed by atoms with E-state index in [4.69, 9.17) is 16.3 Å². The predicted octanol–water partition coefficient (Wildman–Crippen LogP) is 1.42. The highest BCUT2D eigenvalue weighted by Crippen LogP contribution is 2.33. The smallest absolute Gasteiger partial charge is 0.329 e. The lowest BCUT2D eigenvalue weighted by Crippen LogP contribution is -2.32. The fourth-order valence-corrected chi connectivity index (χ4v) is 2.11. The highest BCUT2D eigenvalue weighted by molar-refractivity contribution is 6.41. The van der Waals surface area contributed by atoms with Gasteiger partial charge in [0.05, 0.1) is 29.0 Å². The first kappa shape index (κ1) is 19.7. The Labute approximate surface area is 157 Å². The number of para-hydroxylation sites is 1. The monoisotopic (exact) mass is 391 g/mol. The second-order valence-electron chi connectivity index (χ2n) is 4.96. The van der Waals surface area contributed by atoms with E-state index in [1.165, 1.54) is 25.3 Å². The number of carbonyl (C=O) groups is 2. The molecule has 11 heteroatoms. The maximum atomic E-state index is 11.8. The van der Waals surface area contributed by atoms with Crippen LogP contribution in [-0.4, -0.2) is 30.1 Å². The summed E-state index contributed by atoms with van der Waals surface area (Å²) >= 11 is 5.87. The molecule has 10 nitrogen and oxygen atoms in total. The molecule has 0 bridgehead atoms. The minimum absolute atomic E-state index is 0.116. The van der Waals surface area contributed by atoms with Crippen LogP contribution in [-0.2, 0) is 9.59 Å². The molecule has 0 aromatic heterocycles. The Morgan fingerprint density at radius 2 is 1.96 bits per heavy atom. The van der Waals surface area contributed by atoms with Gasteiger partial charge in [0.2, 0.25) is 0 Å². The first-order chi connectivity index (χ1) is 12.8. The van der Waals surface area contributed by atoms with Crippen molar-refractivity contribution in [1.29, 1.82) is 0 Å². The van der Waals surface area contributed by atoms with Gasteiger partial charge < -0.3 is 15.2 Å². The molecule has 0 saturated heterocycles. The predicted molar refractivity (Wildman–Crippen MR) is 94.9 cm³/mol. The van der Waals surface area contributed by atoms with Crippen LogP contribution >= 0.6 is 11.6 Å². The van der Waals surface area contributed by atoms with Gasteiger partial charge in [-0.1, -0.05) is 23.7 Å². The van der Waals surface area contributed by atoms with Crippen LogP contribution in [0.1, 0.15) is 5.56 Å². The van der Waals surface area contributed by atoms with Crippen LogP contribution < -0.4 is 20.6 Å². The summed E-state index contributed by atoms with van der Waals surface area (Å²) in [4.78, 5) is 33.6. The summed E-state index contributed by atoms with van der Waals surface area (Å²) in [5.41, 5.74) is 1.61. The van der Waals surface area contributed by atoms with E-state index in [0.717, 1.165) is 12.3 Å². The molecule has 2 amide bonds. The fraction of sp³-hybridized carbons (Fsp3) is 0.0625. The van der Waals surface area contributed by atoms with Gasteiger partial charge in [-0.3, -0.25) is 19.7 Å². The molecule has 2 aromatic carbocycles. The zero-order valence-corrected chi connectivity index (χ0v) is 14.5. The standard InChI is InChI=1S/C16H13ClN4O6/c1-27-13-7-9(6-12(14(13)22)21(25)26)8-18-20-16(24)15(23)19-11-5-3-2-4-10(11)17/h2-8,22H,1H3,(H,19,23)(H,20,24)/p-1/b18-8-. The number of anilines is 1. The summed E-state index contributed by atoms with van der Waals surface area (Å²) in [5, 5.41) is 28.7. The van der Waals surface area contributed by atoms with E-state index >= 15 is 0 Å². The zero-order valence-electron chi connectivity index (χ0n) is 13.8. The molecule has 140 valence electrons. The SMILES string of the molecule is COc1cc(/C=N\NC(=O)C(=O)Nc2ccccc2Cl)cc([N+](=O)[O-])c1[O-]. The quantitative estimate of drug-likeness (QED) is 0.341. The molecule has 0 unspecified atom stereocenters. The number of hydrazone groups is 1. The van der Waals surface area contributed by atoms with E-state index in [9.17, 15) is 24.8 Å². The average molecular weight is 392 g/mol. The van der Waals surface area contributed by atoms with Crippen molar-refractivity contribution < 1.29 is 24.4 Å². The number of nitrogens with zero attached hydrogens (tertiary/aromatic N) is 2. The molecule has 0 aliphatic carbocycles. The van der Waals surface area contributed by atoms with Gasteiger partial charge >= 0.3 is 11.8 Å². The molecule has 0 atom stereocenters. The third-order valence-electron chi connectivity index (χ3n) is 3.18. The van der Waals surface area contributed by atoms with Crippen LogP contribution in [0.4, 0.5) is 11.4 Å². The number of rotatable bonds is 5. The Kier molecular flexibility index (Phi) is 6.28. The van der Waals surface area contributed by atoms with Crippen molar-refractivity contribution in [3.63, 3.8) is 0 Å². The minimum atomic E-state index is -1.09. The van der Waals surface area contributed by atoms with Crippen LogP contribution in [0, 0.1) is 10.1 Å². The molecule has 0 radical (unpaired) electrons. The molecule has 2 aromatic rings. The van der Waals surface area contributed by atoms with Crippen molar-refractivity contribution >= 4 is 41.0 Å². The van der Waals surface area contributed by atoms with E-state index in [0.29, 0.717) is 0 Å². The summed E-state index contributed by atoms with van der Waals surface area (Å²) in [7, 11) is 1.18. The molecule has 0 fully saturated rings. The number of benzene rings is 2. The van der Waals surface area contributed by atoms with Crippen molar-refractivity contribution in [2.75, 3.05) is 12.4 Å². The summed E-state index contributed by atoms with van der Waals surface area (Å²) in [6.45, 7) is 0. The number of hydrogen-bond donors (Lipinski definition) is 2. The van der Waals surface area contributed by atoms with Crippen molar-refractivity contribution in [2.45, 2.75) is 0 Å². The Hall–Kier alpha value is -3.66. The van der Waals surface area contributed by atoms with Crippen LogP contribution in [0.5, 0.6) is 11.5 Å². The van der Waals surface area contributed by atoms with Gasteiger partial charge in [-0.15, -0.1) is 0 Å². The van der Waals surface area contributed by atoms with Gasteiger partial charge in [-0.2, -0.15) is 5.10 Å². The van der Waals surface area contributed by atoms with Gasteiger partial charge in [0.15, 0.2) is 0 Å². The number of methoxy groups -OCH3 is 1. The van der Waals surface area contributed by atoms with Crippen molar-refractivity contribution in [2.24, 2.45) is 5.10 Å². The maximum Gasteiger partial charge on any atom is 0.329 e. The number of nitrogens with one attached hydrogen (secondary N) is 2. The Morgan fingerprint density at radius 1 is 1.26 bits per heavy atom. The lowest BCUT2D eigenvalue weighted by atomic mass is 10.2. The van der Waals surface area contributed by atoms with Crippen molar-refractivity contribution in [3.8, 4) is 11.5 Å². The molecular weight excluding hydrogens is 380 g/mol. The van der Waals surface area contributed by atoms with Gasteiger partial charge in [-0.25, -0.2) is 5.43 Å². The second-order valence-corrected chi connectivity index (χ2v) is 5.37. The maximum absolute atomic E-state index is 11.8. The molecule has 0 spiro atoms. The first-order valence-corrected chi connectivity index (χ1v) is 7.63. The van der Waals surface area contributed by atoms with E-state index in [2.05, 4.69) is 10.4 Å². The van der Waals surface area contributed by atoms with Gasteiger partial charge in [0, 0.05) is 17.4 Å². The largest absolute Gasteiger partial charge is 0.865 e. The molecule has 0 heterocycles. The second kappa shape index (κ2) is 8.63. The molecular formula is C16H12ClN4O6-. The van der Waals surface area contributed by atoms with E-state index < -0.39 is 28.2 Å². The Bertz CT molecular complexity index is 931. The molecule has 0 saturated carbocycles. The summed E-state index contributed by atoms with van der Waals surface area (Å²) in [5.74, 6) is -3.25. The first-order valence-electron chi connectivity index (χ1n) is 7.26. The highest BCUT2D eigenvalue weighted by Gasteiger charge is 2.15. The minimum Gasteiger partial charge on any atom is -0.865 e. The van der Waals surface area contributed by atoms with E-state index in [1.807, 2.05) is 5.43 Å². The lowest BCUT2D eigenvalue weighted by Gasteiger charge is -2.12. The number of hydrogen-bond acceptors (Lipinski definition) is 7. The van der Waals surface area contributed by atoms with Gasteiger partial charge in [-0.05, 0) is 18.2 Å². The number of halogens is 1. The molecule has 0 aliphatic rings. The normalized spacial score (nSPS) is 10.4. The number of carbonyl (C=O) groups excluding carboxylic acids is 2. The topological polar surface area (TPSA) is 146 Å². The van der Waals surface area contributed by atoms with E-state index in [1.54, 1.807) is 12.1 Å². The molecule has 27 heavy (non-hydrogen) atoms. The van der Waals surface area contributed by atoms with Crippen LogP contribution in [0.3, 0.4) is 0 Å². The van der Waals surface area contributed by atoms with Crippen molar-refractivity contribution in [3.05, 3.63) is 57.1 Å². The van der Waals surface area contributed by atoms with E-state index in [-0.39, 0.29) is 22.0 Å². The number of nitro groups is 1. The Balaban J connectivity index is 2.07. The highest BCUT2D eigenvalue weighted by atomic mass is 35.5. The molecule has 2 N–H and O–H groups in total. The molecule has 0 aliphatic heterocycles. The Morgan fingerprint density at radius 3 is 2.59 bits per heavy atom. The van der Waals surface area contributed by atoms with Gasteiger partial charge in [0.25, 0.3) is 5.69 Å². The van der Waals surface area contributed by atoms with Crippen molar-refractivity contribution in [1.82, 2.24) is 5.43 Å². The van der Waals surface area contributed by atoms with Crippen LogP contribution in [0.15, 0.2) is 41.5 Å².